The molecule has 4 rings (SSSR count). The largest absolute Gasteiger partial charge is 0.479 e. The Labute approximate surface area is 204 Å². The molecule has 2 aromatic heterocycles. The summed E-state index contributed by atoms with van der Waals surface area (Å²) in [6, 6.07) is 6.29. The summed E-state index contributed by atoms with van der Waals surface area (Å²) in [4.78, 5) is 38.0. The van der Waals surface area contributed by atoms with Gasteiger partial charge < -0.3 is 24.2 Å². The van der Waals surface area contributed by atoms with Crippen molar-refractivity contribution in [1.29, 1.82) is 5.26 Å². The second-order valence-electron chi connectivity index (χ2n) is 8.63. The number of nitriles is 1. The molecule has 4 heterocycles. The first-order chi connectivity index (χ1) is 17.1. The predicted octanol–water partition coefficient (Wildman–Crippen LogP) is 2.00. The van der Waals surface area contributed by atoms with Crippen LogP contribution in [0.5, 0.6) is 11.6 Å². The van der Waals surface area contributed by atoms with Crippen molar-refractivity contribution in [3.63, 3.8) is 0 Å². The highest BCUT2D eigenvalue weighted by atomic mass is 19.4. The maximum absolute atomic E-state index is 12.9. The van der Waals surface area contributed by atoms with Gasteiger partial charge in [-0.05, 0) is 12.1 Å². The van der Waals surface area contributed by atoms with Gasteiger partial charge in [-0.1, -0.05) is 0 Å². The number of nitrogens with zero attached hydrogens (tertiary/aromatic N) is 6. The molecule has 0 aromatic carbocycles. The van der Waals surface area contributed by atoms with Crippen molar-refractivity contribution in [2.45, 2.75) is 18.7 Å². The summed E-state index contributed by atoms with van der Waals surface area (Å²) in [6.07, 6.45) is -2.25. The number of alkyl halides is 3. The van der Waals surface area contributed by atoms with Crippen LogP contribution in [0.2, 0.25) is 0 Å². The van der Waals surface area contributed by atoms with Crippen LogP contribution in [0.25, 0.3) is 0 Å². The van der Waals surface area contributed by atoms with Crippen LogP contribution >= 0.6 is 0 Å². The maximum Gasteiger partial charge on any atom is 0.422 e. The first-order valence-corrected chi connectivity index (χ1v) is 11.1. The van der Waals surface area contributed by atoms with E-state index in [9.17, 15) is 28.0 Å². The summed E-state index contributed by atoms with van der Waals surface area (Å²) < 4.78 is 47.0. The molecule has 0 unspecified atom stereocenters. The Hall–Kier alpha value is -4.08. The molecule has 1 atom stereocenters. The number of halogens is 3. The third kappa shape index (κ3) is 5.42. The number of rotatable bonds is 7. The smallest absolute Gasteiger partial charge is 0.422 e. The Morgan fingerprint density at radius 1 is 1.25 bits per heavy atom. The number of hydrogen-bond acceptors (Lipinski definition) is 8. The predicted molar refractivity (Wildman–Crippen MR) is 121 cm³/mol. The van der Waals surface area contributed by atoms with Crippen molar-refractivity contribution >= 4 is 23.3 Å². The van der Waals surface area contributed by atoms with E-state index in [1.807, 2.05) is 4.90 Å². The van der Waals surface area contributed by atoms with Gasteiger partial charge in [0.25, 0.3) is 5.91 Å². The molecule has 0 aliphatic carbocycles. The molecule has 190 valence electrons. The number of carbonyl (C=O) groups excluding carboxylic acids is 2. The summed E-state index contributed by atoms with van der Waals surface area (Å²) in [5.41, 5.74) is 0.737. The Balaban J connectivity index is 1.37. The number of ether oxygens (including phenoxy) is 2. The van der Waals surface area contributed by atoms with Gasteiger partial charge in [0, 0.05) is 46.2 Å². The van der Waals surface area contributed by atoms with Gasteiger partial charge in [0.15, 0.2) is 12.7 Å². The van der Waals surface area contributed by atoms with Gasteiger partial charge in [0.05, 0.1) is 29.6 Å². The van der Waals surface area contributed by atoms with Crippen LogP contribution in [0.1, 0.15) is 12.0 Å². The molecule has 0 radical (unpaired) electrons. The minimum absolute atomic E-state index is 0.0220. The minimum atomic E-state index is -4.47. The van der Waals surface area contributed by atoms with Gasteiger partial charge in [-0.2, -0.15) is 18.4 Å². The second-order valence-corrected chi connectivity index (χ2v) is 8.63. The highest BCUT2D eigenvalue weighted by Gasteiger charge is 2.37. The van der Waals surface area contributed by atoms with Crippen LogP contribution in [0.3, 0.4) is 0 Å². The third-order valence-electron chi connectivity index (χ3n) is 5.78. The Morgan fingerprint density at radius 2 is 2.00 bits per heavy atom. The molecule has 2 aromatic rings. The molecule has 0 bridgehead atoms. The molecule has 0 spiro atoms. The minimum Gasteiger partial charge on any atom is -0.479 e. The van der Waals surface area contributed by atoms with E-state index >= 15 is 0 Å². The van der Waals surface area contributed by atoms with Crippen LogP contribution in [-0.4, -0.2) is 79.3 Å². The van der Waals surface area contributed by atoms with Crippen LogP contribution in [-0.2, 0) is 9.59 Å². The molecule has 2 aliphatic rings. The van der Waals surface area contributed by atoms with Crippen molar-refractivity contribution < 1.29 is 32.2 Å². The van der Waals surface area contributed by atoms with Gasteiger partial charge in [0.1, 0.15) is 17.6 Å². The molecular weight excluding hydrogens is 481 g/mol. The first-order valence-electron chi connectivity index (χ1n) is 11.1. The maximum atomic E-state index is 12.9. The normalized spacial score (nSPS) is 18.0. The van der Waals surface area contributed by atoms with Crippen LogP contribution in [0.15, 0.2) is 30.6 Å². The van der Waals surface area contributed by atoms with E-state index < -0.39 is 18.9 Å². The van der Waals surface area contributed by atoms with Crippen molar-refractivity contribution in [2.24, 2.45) is 5.92 Å². The Bertz CT molecular complexity index is 1180. The van der Waals surface area contributed by atoms with Crippen LogP contribution in [0, 0.1) is 17.2 Å². The molecule has 2 fully saturated rings. The summed E-state index contributed by atoms with van der Waals surface area (Å²) in [5, 5.41) is 9.64. The fraction of sp³-hybridized carbons (Fsp3) is 0.435. The van der Waals surface area contributed by atoms with E-state index in [-0.39, 0.29) is 29.4 Å². The number of aromatic nitrogens is 2. The number of anilines is 2. The van der Waals surface area contributed by atoms with Crippen molar-refractivity contribution in [1.82, 2.24) is 14.9 Å². The van der Waals surface area contributed by atoms with E-state index in [1.165, 1.54) is 34.3 Å². The number of hydrogen-bond donors (Lipinski definition) is 0. The lowest BCUT2D eigenvalue weighted by atomic mass is 9.98. The lowest BCUT2D eigenvalue weighted by molar-refractivity contribution is -0.154. The van der Waals surface area contributed by atoms with Crippen molar-refractivity contribution in [3.05, 3.63) is 36.2 Å². The quantitative estimate of drug-likeness (QED) is 0.563. The summed E-state index contributed by atoms with van der Waals surface area (Å²) >= 11 is 0. The second kappa shape index (κ2) is 9.88. The molecule has 2 aliphatic heterocycles. The monoisotopic (exact) mass is 504 g/mol. The van der Waals surface area contributed by atoms with E-state index in [0.29, 0.717) is 43.1 Å². The molecular formula is C23H23F3N6O4. The summed E-state index contributed by atoms with van der Waals surface area (Å²) in [7, 11) is 3.39. The molecule has 36 heavy (non-hydrogen) atoms. The number of pyridine rings is 2. The average Bonchev–Trinajstić information content (AvgIpc) is 3.17. The van der Waals surface area contributed by atoms with Gasteiger partial charge in [-0.3, -0.25) is 9.59 Å². The van der Waals surface area contributed by atoms with Crippen molar-refractivity contribution in [2.75, 3.05) is 50.1 Å². The highest BCUT2D eigenvalue weighted by molar-refractivity contribution is 5.99. The Morgan fingerprint density at radius 3 is 2.61 bits per heavy atom. The first kappa shape index (κ1) is 25.0. The van der Waals surface area contributed by atoms with Gasteiger partial charge >= 0.3 is 6.18 Å². The fourth-order valence-corrected chi connectivity index (χ4v) is 3.96. The topological polar surface area (TPSA) is 112 Å². The molecule has 2 saturated heterocycles. The molecule has 13 heteroatoms. The molecule has 10 nitrogen and oxygen atoms in total. The van der Waals surface area contributed by atoms with Crippen molar-refractivity contribution in [3.8, 4) is 17.7 Å². The SMILES string of the molecule is CN(C)C(=O)C1CN(c2ncc(N3CC[C@@H](Oc4ccc(OCC(F)(F)F)nc4)C3=O)cc2C#N)C1. The van der Waals surface area contributed by atoms with E-state index in [1.54, 1.807) is 20.2 Å². The number of amides is 2. The zero-order valence-corrected chi connectivity index (χ0v) is 19.5. The van der Waals surface area contributed by atoms with E-state index in [4.69, 9.17) is 4.74 Å². The summed E-state index contributed by atoms with van der Waals surface area (Å²) in [6.45, 7) is -0.200. The van der Waals surface area contributed by atoms with Crippen LogP contribution < -0.4 is 19.3 Å². The molecule has 0 saturated carbocycles. The lowest BCUT2D eigenvalue weighted by Crippen LogP contribution is -2.54. The van der Waals surface area contributed by atoms with Gasteiger partial charge in [-0.15, -0.1) is 0 Å². The highest BCUT2D eigenvalue weighted by Crippen LogP contribution is 2.31. The number of carbonyl (C=O) groups is 2. The zero-order chi connectivity index (χ0) is 26.0. The van der Waals surface area contributed by atoms with Crippen LogP contribution in [0.4, 0.5) is 24.7 Å². The van der Waals surface area contributed by atoms with E-state index in [0.717, 1.165) is 0 Å². The zero-order valence-electron chi connectivity index (χ0n) is 19.5. The van der Waals surface area contributed by atoms with Gasteiger partial charge in [-0.25, -0.2) is 9.97 Å². The molecule has 2 amide bonds. The third-order valence-corrected chi connectivity index (χ3v) is 5.78. The lowest BCUT2D eigenvalue weighted by Gasteiger charge is -2.40. The van der Waals surface area contributed by atoms with Gasteiger partial charge in [0.2, 0.25) is 11.8 Å². The fourth-order valence-electron chi connectivity index (χ4n) is 3.96. The standard InChI is InChI=1S/C23H23F3N6O4/c1-30(2)21(33)15-11-31(12-15)20-14(8-27)7-16(9-29-20)32-6-5-18(22(32)34)36-17-3-4-19(28-10-17)35-13-23(24,25)26/h3-4,7,9-10,15,18H,5-6,11-13H2,1-2H3/t18-/m1/s1. The van der Waals surface area contributed by atoms with E-state index in [2.05, 4.69) is 20.8 Å². The molecule has 0 N–H and O–H groups in total. The Kier molecular flexibility index (Phi) is 6.87. The summed E-state index contributed by atoms with van der Waals surface area (Å²) in [5.74, 6) is -0.0114. The average molecular weight is 504 g/mol.